The minimum atomic E-state index is 0.807. The highest BCUT2D eigenvalue weighted by Crippen LogP contribution is 1.99. The third kappa shape index (κ3) is 8.03. The van der Waals surface area contributed by atoms with Gasteiger partial charge < -0.3 is 0 Å². The summed E-state index contributed by atoms with van der Waals surface area (Å²) >= 11 is 5.52. The number of allylic oxidation sites excluding steroid dienone is 2. The average Bonchev–Trinajstić information content (AvgIpc) is 1.97. The molecule has 0 aromatic heterocycles. The van der Waals surface area contributed by atoms with Crippen LogP contribution in [0.4, 0.5) is 0 Å². The van der Waals surface area contributed by atoms with Crippen LogP contribution in [0.3, 0.4) is 0 Å². The molecule has 0 aromatic rings. The summed E-state index contributed by atoms with van der Waals surface area (Å²) in [5.74, 6) is 0.807. The second kappa shape index (κ2) is 9.03. The summed E-state index contributed by atoms with van der Waals surface area (Å²) in [6.07, 6.45) is 10.6. The van der Waals surface area contributed by atoms with Gasteiger partial charge in [0.1, 0.15) is 0 Å². The fourth-order valence-corrected chi connectivity index (χ4v) is 0.948. The second-order valence-electron chi connectivity index (χ2n) is 2.44. The summed E-state index contributed by atoms with van der Waals surface area (Å²) in [5, 5.41) is 0. The summed E-state index contributed by atoms with van der Waals surface area (Å²) in [7, 11) is 0. The van der Waals surface area contributed by atoms with Crippen molar-refractivity contribution in [2.24, 2.45) is 0 Å². The second-order valence-corrected chi connectivity index (χ2v) is 2.82. The van der Waals surface area contributed by atoms with Crippen LogP contribution in [0.5, 0.6) is 0 Å². The van der Waals surface area contributed by atoms with Gasteiger partial charge in [-0.2, -0.15) is 0 Å². The van der Waals surface area contributed by atoms with Crippen LogP contribution in [0.15, 0.2) is 12.2 Å². The molecule has 0 aliphatic carbocycles. The minimum Gasteiger partial charge on any atom is -0.127 e. The van der Waals surface area contributed by atoms with Gasteiger partial charge in [-0.3, -0.25) is 0 Å². The highest BCUT2D eigenvalue weighted by molar-refractivity contribution is 6.17. The fraction of sp³-hybridized carbons (Fsp3) is 0.778. The van der Waals surface area contributed by atoms with E-state index in [0.717, 1.165) is 12.3 Å². The molecule has 0 unspecified atom stereocenters. The maximum Gasteiger partial charge on any atom is 0.0223 e. The fourth-order valence-electron chi connectivity index (χ4n) is 0.759. The molecule has 0 N–H and O–H groups in total. The van der Waals surface area contributed by atoms with E-state index in [1.54, 1.807) is 0 Å². The number of unbranched alkanes of at least 4 members (excludes halogenated alkanes) is 3. The van der Waals surface area contributed by atoms with E-state index < -0.39 is 0 Å². The third-order valence-corrected chi connectivity index (χ3v) is 1.64. The SMILES string of the molecule is CCC/C=C\CCCCCl. The smallest absolute Gasteiger partial charge is 0.0223 e. The molecule has 0 spiro atoms. The van der Waals surface area contributed by atoms with Gasteiger partial charge >= 0.3 is 0 Å². The molecule has 0 nitrogen and oxygen atoms in total. The summed E-state index contributed by atoms with van der Waals surface area (Å²) in [6.45, 7) is 2.20. The number of hydrogen-bond donors (Lipinski definition) is 0. The molecular weight excluding hydrogens is 144 g/mol. The van der Waals surface area contributed by atoms with Gasteiger partial charge in [0.05, 0.1) is 0 Å². The molecule has 0 heterocycles. The van der Waals surface area contributed by atoms with E-state index in [9.17, 15) is 0 Å². The third-order valence-electron chi connectivity index (χ3n) is 1.38. The Morgan fingerprint density at radius 3 is 2.40 bits per heavy atom. The Labute approximate surface area is 69.3 Å². The lowest BCUT2D eigenvalue weighted by Gasteiger charge is -1.89. The first-order chi connectivity index (χ1) is 4.91. The Bertz CT molecular complexity index is 76.8. The molecule has 0 saturated carbocycles. The van der Waals surface area contributed by atoms with Gasteiger partial charge in [-0.15, -0.1) is 11.6 Å². The van der Waals surface area contributed by atoms with Crippen molar-refractivity contribution >= 4 is 11.6 Å². The van der Waals surface area contributed by atoms with Crippen LogP contribution in [0, 0.1) is 0 Å². The summed E-state index contributed by atoms with van der Waals surface area (Å²) in [4.78, 5) is 0. The number of halogens is 1. The van der Waals surface area contributed by atoms with Gasteiger partial charge in [-0.05, 0) is 25.7 Å². The van der Waals surface area contributed by atoms with E-state index >= 15 is 0 Å². The molecule has 0 aliphatic rings. The van der Waals surface area contributed by atoms with Crippen molar-refractivity contribution < 1.29 is 0 Å². The lowest BCUT2D eigenvalue weighted by molar-refractivity contribution is 0.815. The maximum absolute atomic E-state index is 5.52. The molecule has 0 fully saturated rings. The first-order valence-corrected chi connectivity index (χ1v) is 4.66. The predicted molar refractivity (Wildman–Crippen MR) is 48.6 cm³/mol. The van der Waals surface area contributed by atoms with Crippen molar-refractivity contribution in [1.82, 2.24) is 0 Å². The molecule has 0 saturated heterocycles. The molecule has 0 amide bonds. The van der Waals surface area contributed by atoms with Crippen molar-refractivity contribution in [1.29, 1.82) is 0 Å². The molecule has 0 rings (SSSR count). The van der Waals surface area contributed by atoms with Gasteiger partial charge in [0.2, 0.25) is 0 Å². The first kappa shape index (κ1) is 10.0. The Balaban J connectivity index is 2.88. The average molecular weight is 161 g/mol. The Hall–Kier alpha value is 0.0300. The van der Waals surface area contributed by atoms with Gasteiger partial charge in [-0.1, -0.05) is 25.5 Å². The summed E-state index contributed by atoms with van der Waals surface area (Å²) < 4.78 is 0. The van der Waals surface area contributed by atoms with E-state index in [1.807, 2.05) is 0 Å². The zero-order chi connectivity index (χ0) is 7.66. The highest BCUT2D eigenvalue weighted by Gasteiger charge is 1.81. The number of hydrogen-bond acceptors (Lipinski definition) is 0. The Kier molecular flexibility index (Phi) is 9.06. The molecule has 0 bridgehead atoms. The number of rotatable bonds is 6. The zero-order valence-electron chi connectivity index (χ0n) is 6.78. The highest BCUT2D eigenvalue weighted by atomic mass is 35.5. The molecule has 0 atom stereocenters. The van der Waals surface area contributed by atoms with Crippen LogP contribution in [0.2, 0.25) is 0 Å². The lowest BCUT2D eigenvalue weighted by Crippen LogP contribution is -1.73. The van der Waals surface area contributed by atoms with E-state index in [4.69, 9.17) is 11.6 Å². The molecular formula is C9H17Cl. The molecule has 60 valence electrons. The molecule has 1 heteroatoms. The quantitative estimate of drug-likeness (QED) is 0.316. The van der Waals surface area contributed by atoms with E-state index in [0.29, 0.717) is 0 Å². The van der Waals surface area contributed by atoms with E-state index in [-0.39, 0.29) is 0 Å². The minimum absolute atomic E-state index is 0.807. The molecule has 0 radical (unpaired) electrons. The van der Waals surface area contributed by atoms with Crippen LogP contribution in [0.1, 0.15) is 39.0 Å². The van der Waals surface area contributed by atoms with Crippen molar-refractivity contribution in [3.63, 3.8) is 0 Å². The normalized spacial score (nSPS) is 11.0. The monoisotopic (exact) mass is 160 g/mol. The van der Waals surface area contributed by atoms with Crippen molar-refractivity contribution in [3.05, 3.63) is 12.2 Å². The standard InChI is InChI=1S/C9H17Cl/c1-2-3-4-5-6-7-8-9-10/h4-5H,2-3,6-9H2,1H3/b5-4-. The lowest BCUT2D eigenvalue weighted by atomic mass is 10.2. The van der Waals surface area contributed by atoms with Gasteiger partial charge in [-0.25, -0.2) is 0 Å². The molecule has 0 aromatic carbocycles. The van der Waals surface area contributed by atoms with Crippen LogP contribution >= 0.6 is 11.6 Å². The first-order valence-electron chi connectivity index (χ1n) is 4.12. The topological polar surface area (TPSA) is 0 Å². The summed E-state index contributed by atoms with van der Waals surface area (Å²) in [5.41, 5.74) is 0. The van der Waals surface area contributed by atoms with Gasteiger partial charge in [0, 0.05) is 5.88 Å². The van der Waals surface area contributed by atoms with E-state index in [2.05, 4.69) is 19.1 Å². The molecule has 10 heavy (non-hydrogen) atoms. The van der Waals surface area contributed by atoms with Crippen LogP contribution in [-0.4, -0.2) is 5.88 Å². The van der Waals surface area contributed by atoms with Crippen LogP contribution < -0.4 is 0 Å². The predicted octanol–water partition coefficient (Wildman–Crippen LogP) is 3.75. The molecule has 0 aliphatic heterocycles. The van der Waals surface area contributed by atoms with Gasteiger partial charge in [0.15, 0.2) is 0 Å². The van der Waals surface area contributed by atoms with Crippen LogP contribution in [0.25, 0.3) is 0 Å². The largest absolute Gasteiger partial charge is 0.127 e. The summed E-state index contributed by atoms with van der Waals surface area (Å²) in [6, 6.07) is 0. The Morgan fingerprint density at radius 1 is 1.10 bits per heavy atom. The van der Waals surface area contributed by atoms with Crippen molar-refractivity contribution in [2.45, 2.75) is 39.0 Å². The van der Waals surface area contributed by atoms with Crippen LogP contribution in [-0.2, 0) is 0 Å². The van der Waals surface area contributed by atoms with E-state index in [1.165, 1.54) is 25.7 Å². The van der Waals surface area contributed by atoms with Crippen molar-refractivity contribution in [3.8, 4) is 0 Å². The zero-order valence-corrected chi connectivity index (χ0v) is 7.53. The number of alkyl halides is 1. The van der Waals surface area contributed by atoms with Crippen molar-refractivity contribution in [2.75, 3.05) is 5.88 Å². The Morgan fingerprint density at radius 2 is 1.80 bits per heavy atom. The van der Waals surface area contributed by atoms with Gasteiger partial charge in [0.25, 0.3) is 0 Å². The maximum atomic E-state index is 5.52.